The van der Waals surface area contributed by atoms with Crippen LogP contribution in [0.2, 0.25) is 0 Å². The molecule has 0 radical (unpaired) electrons. The number of nitrogens with zero attached hydrogens (tertiary/aromatic N) is 3. The summed E-state index contributed by atoms with van der Waals surface area (Å²) in [5.41, 5.74) is 3.59. The SMILES string of the molecule is Cc1cccc(-n2ccnc2SCC(=O)N2CCO[C@@H](C)C2)c1C. The van der Waals surface area contributed by atoms with Gasteiger partial charge in [0.05, 0.1) is 24.2 Å². The number of amides is 1. The molecule has 3 rings (SSSR count). The molecule has 24 heavy (non-hydrogen) atoms. The molecular formula is C18H23N3O2S. The molecule has 1 aliphatic heterocycles. The van der Waals surface area contributed by atoms with Crippen LogP contribution in [0, 0.1) is 13.8 Å². The van der Waals surface area contributed by atoms with E-state index in [0.717, 1.165) is 10.8 Å². The largest absolute Gasteiger partial charge is 0.375 e. The molecule has 1 aliphatic rings. The molecule has 1 atom stereocenters. The second kappa shape index (κ2) is 7.40. The summed E-state index contributed by atoms with van der Waals surface area (Å²) in [4.78, 5) is 18.7. The highest BCUT2D eigenvalue weighted by Crippen LogP contribution is 2.24. The van der Waals surface area contributed by atoms with Gasteiger partial charge in [0, 0.05) is 25.5 Å². The topological polar surface area (TPSA) is 47.4 Å². The van der Waals surface area contributed by atoms with E-state index in [0.29, 0.717) is 25.4 Å². The Kier molecular flexibility index (Phi) is 5.26. The first kappa shape index (κ1) is 17.0. The Labute approximate surface area is 147 Å². The minimum atomic E-state index is 0.115. The molecule has 1 amide bonds. The van der Waals surface area contributed by atoms with Crippen molar-refractivity contribution in [2.75, 3.05) is 25.4 Å². The molecule has 5 nitrogen and oxygen atoms in total. The highest BCUT2D eigenvalue weighted by atomic mass is 32.2. The number of hydrogen-bond acceptors (Lipinski definition) is 4. The van der Waals surface area contributed by atoms with Gasteiger partial charge in [-0.25, -0.2) is 4.98 Å². The molecule has 0 N–H and O–H groups in total. The predicted octanol–water partition coefficient (Wildman–Crippen LogP) is 2.83. The van der Waals surface area contributed by atoms with Crippen molar-refractivity contribution in [3.05, 3.63) is 41.7 Å². The lowest BCUT2D eigenvalue weighted by molar-refractivity contribution is -0.135. The lowest BCUT2D eigenvalue weighted by Gasteiger charge is -2.31. The van der Waals surface area contributed by atoms with Gasteiger partial charge < -0.3 is 9.64 Å². The fraction of sp³-hybridized carbons (Fsp3) is 0.444. The molecule has 1 saturated heterocycles. The van der Waals surface area contributed by atoms with Crippen LogP contribution in [-0.4, -0.2) is 51.9 Å². The van der Waals surface area contributed by atoms with E-state index in [4.69, 9.17) is 4.74 Å². The van der Waals surface area contributed by atoms with Crippen LogP contribution in [0.15, 0.2) is 35.7 Å². The summed E-state index contributed by atoms with van der Waals surface area (Å²) < 4.78 is 7.55. The molecule has 1 aromatic carbocycles. The summed E-state index contributed by atoms with van der Waals surface area (Å²) >= 11 is 1.49. The second-order valence-electron chi connectivity index (χ2n) is 6.11. The Bertz CT molecular complexity index is 729. The average Bonchev–Trinajstić information content (AvgIpc) is 3.03. The maximum Gasteiger partial charge on any atom is 0.233 e. The van der Waals surface area contributed by atoms with Crippen LogP contribution in [0.1, 0.15) is 18.1 Å². The summed E-state index contributed by atoms with van der Waals surface area (Å²) in [6.07, 6.45) is 3.85. The number of ether oxygens (including phenoxy) is 1. The minimum absolute atomic E-state index is 0.115. The van der Waals surface area contributed by atoms with Crippen LogP contribution in [0.4, 0.5) is 0 Å². The van der Waals surface area contributed by atoms with Gasteiger partial charge in [-0.1, -0.05) is 23.9 Å². The summed E-state index contributed by atoms with van der Waals surface area (Å²) in [5.74, 6) is 0.542. The molecule has 0 unspecified atom stereocenters. The van der Waals surface area contributed by atoms with Crippen molar-refractivity contribution in [1.29, 1.82) is 0 Å². The minimum Gasteiger partial charge on any atom is -0.375 e. The third-order valence-corrected chi connectivity index (χ3v) is 5.31. The van der Waals surface area contributed by atoms with Gasteiger partial charge in [0.25, 0.3) is 0 Å². The molecule has 0 saturated carbocycles. The molecule has 1 aromatic heterocycles. The van der Waals surface area contributed by atoms with E-state index in [1.54, 1.807) is 6.20 Å². The van der Waals surface area contributed by atoms with Crippen molar-refractivity contribution in [2.45, 2.75) is 32.0 Å². The summed E-state index contributed by atoms with van der Waals surface area (Å²) in [7, 11) is 0. The van der Waals surface area contributed by atoms with Crippen LogP contribution >= 0.6 is 11.8 Å². The quantitative estimate of drug-likeness (QED) is 0.800. The molecule has 128 valence electrons. The lowest BCUT2D eigenvalue weighted by atomic mass is 10.1. The van der Waals surface area contributed by atoms with Gasteiger partial charge in [-0.05, 0) is 38.0 Å². The van der Waals surface area contributed by atoms with Gasteiger partial charge in [-0.3, -0.25) is 9.36 Å². The van der Waals surface area contributed by atoms with E-state index in [2.05, 4.69) is 35.5 Å². The number of benzene rings is 1. The first-order valence-corrected chi connectivity index (χ1v) is 9.17. The second-order valence-corrected chi connectivity index (χ2v) is 7.05. The Morgan fingerprint density at radius 1 is 1.42 bits per heavy atom. The number of imidazole rings is 1. The number of carbonyl (C=O) groups excluding carboxylic acids is 1. The molecule has 0 spiro atoms. The van der Waals surface area contributed by atoms with Gasteiger partial charge in [0.1, 0.15) is 0 Å². The van der Waals surface area contributed by atoms with Gasteiger partial charge >= 0.3 is 0 Å². The zero-order valence-electron chi connectivity index (χ0n) is 14.4. The van der Waals surface area contributed by atoms with Crippen molar-refractivity contribution in [3.63, 3.8) is 0 Å². The number of aromatic nitrogens is 2. The van der Waals surface area contributed by atoms with E-state index < -0.39 is 0 Å². The Balaban J connectivity index is 1.70. The lowest BCUT2D eigenvalue weighted by Crippen LogP contribution is -2.45. The fourth-order valence-corrected chi connectivity index (χ4v) is 3.71. The van der Waals surface area contributed by atoms with Gasteiger partial charge in [-0.15, -0.1) is 0 Å². The van der Waals surface area contributed by atoms with E-state index in [-0.39, 0.29) is 12.0 Å². The zero-order valence-corrected chi connectivity index (χ0v) is 15.2. The standard InChI is InChI=1S/C18H23N3O2S/c1-13-5-4-6-16(15(13)3)21-8-7-19-18(21)24-12-17(22)20-9-10-23-14(2)11-20/h4-8,14H,9-12H2,1-3H3/t14-/m0/s1. The fourth-order valence-electron chi connectivity index (χ4n) is 2.84. The first-order chi connectivity index (χ1) is 11.6. The number of rotatable bonds is 4. The van der Waals surface area contributed by atoms with Crippen LogP contribution in [-0.2, 0) is 9.53 Å². The average molecular weight is 345 g/mol. The van der Waals surface area contributed by atoms with Crippen molar-refractivity contribution in [3.8, 4) is 5.69 Å². The smallest absolute Gasteiger partial charge is 0.233 e. The zero-order chi connectivity index (χ0) is 17.1. The third kappa shape index (κ3) is 3.65. The van der Waals surface area contributed by atoms with Gasteiger partial charge in [0.15, 0.2) is 5.16 Å². The molecule has 2 heterocycles. The van der Waals surface area contributed by atoms with Gasteiger partial charge in [0.2, 0.25) is 5.91 Å². The number of morpholine rings is 1. The monoisotopic (exact) mass is 345 g/mol. The van der Waals surface area contributed by atoms with Crippen LogP contribution in [0.3, 0.4) is 0 Å². The summed E-state index contributed by atoms with van der Waals surface area (Å²) in [5, 5.41) is 0.846. The Morgan fingerprint density at radius 2 is 2.25 bits per heavy atom. The number of aryl methyl sites for hydroxylation is 1. The van der Waals surface area contributed by atoms with Gasteiger partial charge in [-0.2, -0.15) is 0 Å². The van der Waals surface area contributed by atoms with Crippen molar-refractivity contribution in [2.24, 2.45) is 0 Å². The number of thioether (sulfide) groups is 1. The highest BCUT2D eigenvalue weighted by molar-refractivity contribution is 7.99. The van der Waals surface area contributed by atoms with Crippen molar-refractivity contribution in [1.82, 2.24) is 14.5 Å². The van der Waals surface area contributed by atoms with Crippen LogP contribution in [0.5, 0.6) is 0 Å². The molecule has 0 bridgehead atoms. The highest BCUT2D eigenvalue weighted by Gasteiger charge is 2.22. The van der Waals surface area contributed by atoms with E-state index in [9.17, 15) is 4.79 Å². The maximum atomic E-state index is 12.4. The van der Waals surface area contributed by atoms with Crippen LogP contribution < -0.4 is 0 Å². The van der Waals surface area contributed by atoms with Crippen molar-refractivity contribution >= 4 is 17.7 Å². The molecule has 1 fully saturated rings. The third-order valence-electron chi connectivity index (χ3n) is 4.36. The van der Waals surface area contributed by atoms with Crippen LogP contribution in [0.25, 0.3) is 5.69 Å². The molecule has 6 heteroatoms. The first-order valence-electron chi connectivity index (χ1n) is 8.18. The molecular weight excluding hydrogens is 322 g/mol. The predicted molar refractivity (Wildman–Crippen MR) is 95.8 cm³/mol. The van der Waals surface area contributed by atoms with E-state index >= 15 is 0 Å². The number of carbonyl (C=O) groups is 1. The molecule has 0 aliphatic carbocycles. The summed E-state index contributed by atoms with van der Waals surface area (Å²) in [6.45, 7) is 8.18. The summed E-state index contributed by atoms with van der Waals surface area (Å²) in [6, 6.07) is 6.23. The van der Waals surface area contributed by atoms with E-state index in [1.165, 1.54) is 22.9 Å². The van der Waals surface area contributed by atoms with E-state index in [1.807, 2.05) is 24.1 Å². The van der Waals surface area contributed by atoms with Crippen molar-refractivity contribution < 1.29 is 9.53 Å². The Morgan fingerprint density at radius 3 is 3.04 bits per heavy atom. The molecule has 2 aromatic rings. The maximum absolute atomic E-state index is 12.4. The normalized spacial score (nSPS) is 18.0. The Hall–Kier alpha value is -1.79. The number of hydrogen-bond donors (Lipinski definition) is 0.